The van der Waals surface area contributed by atoms with Crippen molar-refractivity contribution in [2.24, 2.45) is 0 Å². The molecule has 1 aliphatic rings. The first-order chi connectivity index (χ1) is 11.3. The Bertz CT molecular complexity index is 665. The van der Waals surface area contributed by atoms with Crippen LogP contribution >= 0.6 is 0 Å². The zero-order valence-corrected chi connectivity index (χ0v) is 15.0. The highest BCUT2D eigenvalue weighted by atomic mass is 16.5. The van der Waals surface area contributed by atoms with Gasteiger partial charge in [-0.25, -0.2) is 4.79 Å². The quantitative estimate of drug-likeness (QED) is 0.752. The average Bonchev–Trinajstić information content (AvgIpc) is 3.01. The molecular formula is C17H25N3O4. The number of likely N-dealkylation sites (N-methyl/N-ethyl adjacent to an activating group) is 2. The zero-order valence-electron chi connectivity index (χ0n) is 15.0. The van der Waals surface area contributed by atoms with Gasteiger partial charge in [0.1, 0.15) is 12.6 Å². The van der Waals surface area contributed by atoms with Crippen LogP contribution in [0.5, 0.6) is 0 Å². The first kappa shape index (κ1) is 18.0. The van der Waals surface area contributed by atoms with E-state index in [1.54, 1.807) is 43.5 Å². The maximum Gasteiger partial charge on any atom is 0.339 e. The van der Waals surface area contributed by atoms with Crippen molar-refractivity contribution in [3.8, 4) is 0 Å². The van der Waals surface area contributed by atoms with Crippen LogP contribution in [0.3, 0.4) is 0 Å². The van der Waals surface area contributed by atoms with Gasteiger partial charge in [0, 0.05) is 32.0 Å². The smallest absolute Gasteiger partial charge is 0.339 e. The summed E-state index contributed by atoms with van der Waals surface area (Å²) in [6, 6.07) is 1.33. The normalized spacial score (nSPS) is 17.3. The Kier molecular flexibility index (Phi) is 5.31. The van der Waals surface area contributed by atoms with Gasteiger partial charge in [0.2, 0.25) is 11.8 Å². The molecule has 132 valence electrons. The lowest BCUT2D eigenvalue weighted by molar-refractivity contribution is -0.140. The molecule has 0 radical (unpaired) electrons. The van der Waals surface area contributed by atoms with Gasteiger partial charge in [-0.15, -0.1) is 0 Å². The number of aromatic nitrogens is 1. The molecule has 24 heavy (non-hydrogen) atoms. The largest absolute Gasteiger partial charge is 0.462 e. The van der Waals surface area contributed by atoms with Crippen molar-refractivity contribution in [3.05, 3.63) is 23.0 Å². The number of rotatable bonds is 5. The summed E-state index contributed by atoms with van der Waals surface area (Å²) in [5.41, 5.74) is 1.98. The summed E-state index contributed by atoms with van der Waals surface area (Å²) in [5.74, 6) is -0.565. The Morgan fingerprint density at radius 2 is 2.04 bits per heavy atom. The maximum atomic E-state index is 12.6. The Morgan fingerprint density at radius 3 is 2.58 bits per heavy atom. The summed E-state index contributed by atoms with van der Waals surface area (Å²) in [7, 11) is 3.40. The van der Waals surface area contributed by atoms with Gasteiger partial charge >= 0.3 is 5.97 Å². The van der Waals surface area contributed by atoms with Crippen LogP contribution in [-0.2, 0) is 20.9 Å². The molecule has 1 aromatic rings. The second-order valence-corrected chi connectivity index (χ2v) is 6.16. The fraction of sp³-hybridized carbons (Fsp3) is 0.588. The third kappa shape index (κ3) is 3.29. The number of hydrogen-bond acceptors (Lipinski definition) is 4. The highest BCUT2D eigenvalue weighted by Crippen LogP contribution is 2.19. The van der Waals surface area contributed by atoms with Crippen LogP contribution in [0.2, 0.25) is 0 Å². The van der Waals surface area contributed by atoms with E-state index in [1.165, 1.54) is 4.90 Å². The van der Waals surface area contributed by atoms with Crippen LogP contribution in [0.15, 0.2) is 6.07 Å². The first-order valence-corrected chi connectivity index (χ1v) is 8.12. The number of esters is 1. The monoisotopic (exact) mass is 335 g/mol. The third-order valence-electron chi connectivity index (χ3n) is 4.62. The van der Waals surface area contributed by atoms with Crippen LogP contribution in [0.4, 0.5) is 0 Å². The van der Waals surface area contributed by atoms with E-state index in [1.807, 2.05) is 6.92 Å². The van der Waals surface area contributed by atoms with Crippen LogP contribution in [-0.4, -0.2) is 65.4 Å². The van der Waals surface area contributed by atoms with E-state index < -0.39 is 6.04 Å². The topological polar surface area (TPSA) is 71.8 Å². The van der Waals surface area contributed by atoms with Crippen molar-refractivity contribution in [2.45, 2.75) is 39.8 Å². The lowest BCUT2D eigenvalue weighted by Gasteiger charge is -2.24. The molecule has 0 N–H and O–H groups in total. The molecule has 2 amide bonds. The number of aryl methyl sites for hydroxylation is 1. The predicted molar refractivity (Wildman–Crippen MR) is 88.7 cm³/mol. The molecule has 7 nitrogen and oxygen atoms in total. The number of ether oxygens (including phenoxy) is 1. The second kappa shape index (κ2) is 7.07. The zero-order chi connectivity index (χ0) is 18.0. The molecule has 1 aliphatic heterocycles. The molecule has 2 rings (SSSR count). The Hall–Kier alpha value is -2.31. The minimum atomic E-state index is -0.400. The molecule has 0 unspecified atom stereocenters. The SMILES string of the molecule is CCOC(=O)c1cc(C)n(CC(=O)N(C)[C@@H]2CCN(C)C2=O)c1C. The van der Waals surface area contributed by atoms with Crippen molar-refractivity contribution >= 4 is 17.8 Å². The fourth-order valence-corrected chi connectivity index (χ4v) is 3.04. The molecule has 0 bridgehead atoms. The van der Waals surface area contributed by atoms with E-state index in [9.17, 15) is 14.4 Å². The lowest BCUT2D eigenvalue weighted by Crippen LogP contribution is -2.43. The van der Waals surface area contributed by atoms with E-state index >= 15 is 0 Å². The second-order valence-electron chi connectivity index (χ2n) is 6.16. The predicted octanol–water partition coefficient (Wildman–Crippen LogP) is 0.971. The van der Waals surface area contributed by atoms with E-state index in [0.717, 1.165) is 5.69 Å². The molecule has 0 aliphatic carbocycles. The molecule has 1 saturated heterocycles. The van der Waals surface area contributed by atoms with Crippen LogP contribution < -0.4 is 0 Å². The van der Waals surface area contributed by atoms with Crippen LogP contribution in [0, 0.1) is 13.8 Å². The van der Waals surface area contributed by atoms with Crippen molar-refractivity contribution in [1.29, 1.82) is 0 Å². The van der Waals surface area contributed by atoms with Gasteiger partial charge in [-0.05, 0) is 33.3 Å². The van der Waals surface area contributed by atoms with Crippen molar-refractivity contribution < 1.29 is 19.1 Å². The first-order valence-electron chi connectivity index (χ1n) is 8.12. The molecular weight excluding hydrogens is 310 g/mol. The van der Waals surface area contributed by atoms with E-state index in [-0.39, 0.29) is 24.3 Å². The Morgan fingerprint density at radius 1 is 1.38 bits per heavy atom. The number of nitrogens with zero attached hydrogens (tertiary/aromatic N) is 3. The molecule has 1 aromatic heterocycles. The summed E-state index contributed by atoms with van der Waals surface area (Å²) in [5, 5.41) is 0. The van der Waals surface area contributed by atoms with Crippen LogP contribution in [0.25, 0.3) is 0 Å². The summed E-state index contributed by atoms with van der Waals surface area (Å²) in [6.07, 6.45) is 0.648. The Labute approximate surface area is 142 Å². The van der Waals surface area contributed by atoms with Crippen molar-refractivity contribution in [3.63, 3.8) is 0 Å². The van der Waals surface area contributed by atoms with Gasteiger partial charge in [0.25, 0.3) is 0 Å². The van der Waals surface area contributed by atoms with Gasteiger partial charge in [-0.1, -0.05) is 0 Å². The summed E-state index contributed by atoms with van der Waals surface area (Å²) in [4.78, 5) is 39.8. The van der Waals surface area contributed by atoms with Gasteiger partial charge in [0.15, 0.2) is 0 Å². The lowest BCUT2D eigenvalue weighted by atomic mass is 10.2. The summed E-state index contributed by atoms with van der Waals surface area (Å²) < 4.78 is 6.82. The molecule has 1 fully saturated rings. The van der Waals surface area contributed by atoms with Gasteiger partial charge in [-0.3, -0.25) is 9.59 Å². The summed E-state index contributed by atoms with van der Waals surface area (Å²) >= 11 is 0. The van der Waals surface area contributed by atoms with Gasteiger partial charge < -0.3 is 19.1 Å². The van der Waals surface area contributed by atoms with Crippen molar-refractivity contribution in [1.82, 2.24) is 14.4 Å². The van der Waals surface area contributed by atoms with Crippen LogP contribution in [0.1, 0.15) is 35.1 Å². The summed E-state index contributed by atoms with van der Waals surface area (Å²) in [6.45, 7) is 6.46. The number of likely N-dealkylation sites (tertiary alicyclic amines) is 1. The highest BCUT2D eigenvalue weighted by molar-refractivity contribution is 5.92. The standard InChI is InChI=1S/C17H25N3O4/c1-6-24-17(23)13-9-11(2)20(12(13)3)10-15(21)19(5)14-7-8-18(4)16(14)22/h9,14H,6-8,10H2,1-5H3/t14-/m1/s1. The van der Waals surface area contributed by atoms with Crippen molar-refractivity contribution in [2.75, 3.05) is 27.2 Å². The molecule has 7 heteroatoms. The maximum absolute atomic E-state index is 12.6. The molecule has 1 atom stereocenters. The van der Waals surface area contributed by atoms with E-state index in [4.69, 9.17) is 4.74 Å². The van der Waals surface area contributed by atoms with Gasteiger partial charge in [-0.2, -0.15) is 0 Å². The molecule has 0 aromatic carbocycles. The number of carbonyl (C=O) groups is 3. The number of carbonyl (C=O) groups excluding carboxylic acids is 3. The highest BCUT2D eigenvalue weighted by Gasteiger charge is 2.34. The van der Waals surface area contributed by atoms with E-state index in [2.05, 4.69) is 0 Å². The number of amides is 2. The van der Waals surface area contributed by atoms with Gasteiger partial charge in [0.05, 0.1) is 12.2 Å². The fourth-order valence-electron chi connectivity index (χ4n) is 3.04. The minimum absolute atomic E-state index is 0.0287. The Balaban J connectivity index is 2.14. The minimum Gasteiger partial charge on any atom is -0.462 e. The number of hydrogen-bond donors (Lipinski definition) is 0. The molecule has 0 spiro atoms. The molecule has 0 saturated carbocycles. The molecule has 2 heterocycles. The third-order valence-corrected chi connectivity index (χ3v) is 4.62. The van der Waals surface area contributed by atoms with E-state index in [0.29, 0.717) is 30.8 Å². The average molecular weight is 335 g/mol.